The number of fused-ring (bicyclic) bond motifs is 1. The first-order chi connectivity index (χ1) is 12.7. The summed E-state index contributed by atoms with van der Waals surface area (Å²) in [4.78, 5) is 14.8. The molecule has 26 heavy (non-hydrogen) atoms. The number of benzene rings is 2. The fourth-order valence-electron chi connectivity index (χ4n) is 3.94. The fourth-order valence-corrected chi connectivity index (χ4v) is 4.14. The average Bonchev–Trinajstić information content (AvgIpc) is 3.05. The number of ether oxygens (including phenoxy) is 1. The number of carbonyl (C=O) groups is 1. The van der Waals surface area contributed by atoms with Crippen molar-refractivity contribution in [2.24, 2.45) is 0 Å². The number of rotatable bonds is 4. The van der Waals surface area contributed by atoms with Crippen molar-refractivity contribution in [3.8, 4) is 0 Å². The molecule has 0 aromatic heterocycles. The zero-order chi connectivity index (χ0) is 17.9. The third-order valence-electron chi connectivity index (χ3n) is 5.26. The van der Waals surface area contributed by atoms with Gasteiger partial charge in [0, 0.05) is 30.2 Å². The molecule has 2 saturated heterocycles. The molecule has 5 heteroatoms. The van der Waals surface area contributed by atoms with Crippen molar-refractivity contribution in [2.45, 2.75) is 31.0 Å². The smallest absolute Gasteiger partial charge is 0.224 e. The standard InChI is InChI=1S/C21H23ClN2O2/c22-19-9-5-4-8-16(19)10-21(25)23-17-11-18-14-26-20(13-24(18)12-17)15-6-2-1-3-7-15/h1-9,17-18,20H,10-14H2,(H,23,25)/t17-,18-,20+/m0/s1. The van der Waals surface area contributed by atoms with Crippen LogP contribution in [0.5, 0.6) is 0 Å². The largest absolute Gasteiger partial charge is 0.371 e. The zero-order valence-electron chi connectivity index (χ0n) is 14.6. The van der Waals surface area contributed by atoms with Crippen LogP contribution in [0, 0.1) is 0 Å². The van der Waals surface area contributed by atoms with Crippen LogP contribution in [-0.2, 0) is 16.0 Å². The van der Waals surface area contributed by atoms with Gasteiger partial charge in [0.05, 0.1) is 19.1 Å². The molecule has 4 rings (SSSR count). The Balaban J connectivity index is 1.32. The molecule has 2 fully saturated rings. The summed E-state index contributed by atoms with van der Waals surface area (Å²) in [5.41, 5.74) is 2.09. The maximum atomic E-state index is 12.4. The summed E-state index contributed by atoms with van der Waals surface area (Å²) in [6.45, 7) is 2.48. The van der Waals surface area contributed by atoms with Crippen LogP contribution in [0.25, 0.3) is 0 Å². The fraction of sp³-hybridized carbons (Fsp3) is 0.381. The Kier molecular flexibility index (Phi) is 5.25. The van der Waals surface area contributed by atoms with Gasteiger partial charge >= 0.3 is 0 Å². The van der Waals surface area contributed by atoms with Gasteiger partial charge in [0.2, 0.25) is 5.91 Å². The van der Waals surface area contributed by atoms with Gasteiger partial charge in [0.25, 0.3) is 0 Å². The number of hydrogen-bond donors (Lipinski definition) is 1. The number of carbonyl (C=O) groups excluding carboxylic acids is 1. The molecule has 1 amide bonds. The molecule has 2 heterocycles. The van der Waals surface area contributed by atoms with Crippen molar-refractivity contribution in [3.05, 3.63) is 70.7 Å². The molecule has 136 valence electrons. The molecular formula is C21H23ClN2O2. The van der Waals surface area contributed by atoms with Crippen molar-refractivity contribution < 1.29 is 9.53 Å². The lowest BCUT2D eigenvalue weighted by atomic mass is 10.1. The predicted octanol–water partition coefficient (Wildman–Crippen LogP) is 3.21. The van der Waals surface area contributed by atoms with Crippen LogP contribution in [0.1, 0.15) is 23.7 Å². The Hall–Kier alpha value is -1.88. The van der Waals surface area contributed by atoms with Crippen molar-refractivity contribution in [1.82, 2.24) is 10.2 Å². The number of nitrogens with zero attached hydrogens (tertiary/aromatic N) is 1. The number of amides is 1. The van der Waals surface area contributed by atoms with Crippen LogP contribution >= 0.6 is 11.6 Å². The van der Waals surface area contributed by atoms with E-state index in [1.165, 1.54) is 5.56 Å². The average molecular weight is 371 g/mol. The number of nitrogens with one attached hydrogen (secondary N) is 1. The molecule has 0 aliphatic carbocycles. The predicted molar refractivity (Wildman–Crippen MR) is 102 cm³/mol. The van der Waals surface area contributed by atoms with E-state index in [-0.39, 0.29) is 18.1 Å². The minimum atomic E-state index is 0.0310. The summed E-state index contributed by atoms with van der Waals surface area (Å²) in [6, 6.07) is 18.4. The van der Waals surface area contributed by atoms with Crippen molar-refractivity contribution in [1.29, 1.82) is 0 Å². The number of morpholine rings is 1. The van der Waals surface area contributed by atoms with Crippen LogP contribution < -0.4 is 5.32 Å². The Morgan fingerprint density at radius 2 is 1.88 bits per heavy atom. The highest BCUT2D eigenvalue weighted by molar-refractivity contribution is 6.31. The molecule has 0 bridgehead atoms. The Labute approximate surface area is 159 Å². The van der Waals surface area contributed by atoms with E-state index in [1.807, 2.05) is 42.5 Å². The van der Waals surface area contributed by atoms with Gasteiger partial charge in [-0.3, -0.25) is 9.69 Å². The highest BCUT2D eigenvalue weighted by Crippen LogP contribution is 2.30. The number of halogens is 1. The lowest BCUT2D eigenvalue weighted by Crippen LogP contribution is -2.43. The van der Waals surface area contributed by atoms with Gasteiger partial charge in [0.1, 0.15) is 0 Å². The minimum absolute atomic E-state index is 0.0310. The second-order valence-electron chi connectivity index (χ2n) is 7.11. The van der Waals surface area contributed by atoms with Gasteiger partial charge in [0.15, 0.2) is 0 Å². The van der Waals surface area contributed by atoms with Crippen molar-refractivity contribution in [2.75, 3.05) is 19.7 Å². The van der Waals surface area contributed by atoms with Crippen LogP contribution in [-0.4, -0.2) is 42.6 Å². The van der Waals surface area contributed by atoms with Crippen LogP contribution in [0.4, 0.5) is 0 Å². The molecule has 2 aromatic carbocycles. The first kappa shape index (κ1) is 17.5. The zero-order valence-corrected chi connectivity index (χ0v) is 15.4. The molecular weight excluding hydrogens is 348 g/mol. The van der Waals surface area contributed by atoms with E-state index in [9.17, 15) is 4.79 Å². The second kappa shape index (κ2) is 7.78. The summed E-state index contributed by atoms with van der Waals surface area (Å²) in [6.07, 6.45) is 1.38. The third kappa shape index (κ3) is 3.93. The van der Waals surface area contributed by atoms with Crippen LogP contribution in [0.2, 0.25) is 5.02 Å². The summed E-state index contributed by atoms with van der Waals surface area (Å²) in [5, 5.41) is 3.81. The highest BCUT2D eigenvalue weighted by Gasteiger charge is 2.38. The van der Waals surface area contributed by atoms with Crippen molar-refractivity contribution >= 4 is 17.5 Å². The molecule has 0 spiro atoms. The van der Waals surface area contributed by atoms with E-state index in [0.29, 0.717) is 17.5 Å². The van der Waals surface area contributed by atoms with E-state index < -0.39 is 0 Å². The lowest BCUT2D eigenvalue weighted by molar-refractivity contribution is -0.121. The van der Waals surface area contributed by atoms with Gasteiger partial charge in [-0.1, -0.05) is 60.1 Å². The maximum Gasteiger partial charge on any atom is 0.224 e. The van der Waals surface area contributed by atoms with Gasteiger partial charge in [-0.25, -0.2) is 0 Å². The first-order valence-electron chi connectivity index (χ1n) is 9.12. The normalized spacial score (nSPS) is 25.7. The minimum Gasteiger partial charge on any atom is -0.371 e. The lowest BCUT2D eigenvalue weighted by Gasteiger charge is -2.35. The third-order valence-corrected chi connectivity index (χ3v) is 5.63. The topological polar surface area (TPSA) is 41.6 Å². The van der Waals surface area contributed by atoms with E-state index in [0.717, 1.165) is 31.7 Å². The summed E-state index contributed by atoms with van der Waals surface area (Å²) in [7, 11) is 0. The molecule has 2 aromatic rings. The van der Waals surface area contributed by atoms with Crippen LogP contribution in [0.15, 0.2) is 54.6 Å². The molecule has 0 saturated carbocycles. The Morgan fingerprint density at radius 3 is 2.69 bits per heavy atom. The van der Waals surface area contributed by atoms with Gasteiger partial charge < -0.3 is 10.1 Å². The van der Waals surface area contributed by atoms with E-state index in [1.54, 1.807) is 0 Å². The first-order valence-corrected chi connectivity index (χ1v) is 9.50. The molecule has 1 N–H and O–H groups in total. The molecule has 0 radical (unpaired) electrons. The summed E-state index contributed by atoms with van der Waals surface area (Å²) in [5.74, 6) is 0.0310. The van der Waals surface area contributed by atoms with E-state index in [2.05, 4.69) is 22.3 Å². The summed E-state index contributed by atoms with van der Waals surface area (Å²) >= 11 is 6.15. The molecule has 3 atom stereocenters. The monoisotopic (exact) mass is 370 g/mol. The Morgan fingerprint density at radius 1 is 1.12 bits per heavy atom. The van der Waals surface area contributed by atoms with E-state index in [4.69, 9.17) is 16.3 Å². The van der Waals surface area contributed by atoms with Crippen molar-refractivity contribution in [3.63, 3.8) is 0 Å². The van der Waals surface area contributed by atoms with Gasteiger partial charge in [-0.05, 0) is 23.6 Å². The van der Waals surface area contributed by atoms with Gasteiger partial charge in [-0.15, -0.1) is 0 Å². The van der Waals surface area contributed by atoms with Gasteiger partial charge in [-0.2, -0.15) is 0 Å². The quantitative estimate of drug-likeness (QED) is 0.898. The number of hydrogen-bond acceptors (Lipinski definition) is 3. The molecule has 4 nitrogen and oxygen atoms in total. The maximum absolute atomic E-state index is 12.4. The molecule has 2 aliphatic rings. The SMILES string of the molecule is O=C(Cc1ccccc1Cl)N[C@H]1C[C@H]2CO[C@@H](c3ccccc3)CN2C1. The highest BCUT2D eigenvalue weighted by atomic mass is 35.5. The summed E-state index contributed by atoms with van der Waals surface area (Å²) < 4.78 is 6.07. The molecule has 2 aliphatic heterocycles. The Bertz CT molecular complexity index is 768. The van der Waals surface area contributed by atoms with Crippen LogP contribution in [0.3, 0.4) is 0 Å². The second-order valence-corrected chi connectivity index (χ2v) is 7.52. The van der Waals surface area contributed by atoms with E-state index >= 15 is 0 Å². The molecule has 0 unspecified atom stereocenters.